The lowest BCUT2D eigenvalue weighted by Crippen LogP contribution is -2.37. The molecule has 0 saturated carbocycles. The van der Waals surface area contributed by atoms with Crippen LogP contribution in [-0.4, -0.2) is 6.10 Å². The Balaban J connectivity index is 1.83. The van der Waals surface area contributed by atoms with Gasteiger partial charge in [0, 0.05) is 0 Å². The molecule has 3 aromatic rings. The Hall–Kier alpha value is -2.17. The highest BCUT2D eigenvalue weighted by Crippen LogP contribution is 2.42. The summed E-state index contributed by atoms with van der Waals surface area (Å²) in [5.74, 6) is 0.655. The van der Waals surface area contributed by atoms with Gasteiger partial charge < -0.3 is 4.74 Å². The predicted molar refractivity (Wildman–Crippen MR) is 138 cm³/mol. The summed E-state index contributed by atoms with van der Waals surface area (Å²) in [6.07, 6.45) is 11.5. The molecule has 2 atom stereocenters. The van der Waals surface area contributed by atoms with Crippen LogP contribution in [0.4, 0.5) is 0 Å². The van der Waals surface area contributed by atoms with Gasteiger partial charge in [0.15, 0.2) is 0 Å². The van der Waals surface area contributed by atoms with Gasteiger partial charge in [0.05, 0.1) is 6.10 Å². The lowest BCUT2D eigenvalue weighted by Gasteiger charge is -2.39. The maximum atomic E-state index is 7.22. The fourth-order valence-electron chi connectivity index (χ4n) is 4.60. The van der Waals surface area contributed by atoms with Gasteiger partial charge in [-0.3, -0.25) is 0 Å². The molecular weight excluding hydrogens is 491 g/mol. The van der Waals surface area contributed by atoms with Crippen LogP contribution < -0.4 is 0 Å². The van der Waals surface area contributed by atoms with E-state index >= 15 is 0 Å². The highest BCUT2D eigenvalue weighted by molar-refractivity contribution is 14.1. The van der Waals surface area contributed by atoms with Crippen LogP contribution in [-0.2, 0) is 10.3 Å². The number of rotatable bonds is 8. The van der Waals surface area contributed by atoms with Gasteiger partial charge in [0.2, 0.25) is 0 Å². The van der Waals surface area contributed by atoms with Crippen molar-refractivity contribution < 1.29 is 4.74 Å². The summed E-state index contributed by atoms with van der Waals surface area (Å²) in [5.41, 5.74) is 2.79. The number of allylic oxidation sites excluding steroid dienone is 2. The third-order valence-corrected chi connectivity index (χ3v) is 6.52. The molecule has 4 rings (SSSR count). The van der Waals surface area contributed by atoms with Crippen LogP contribution in [0.1, 0.15) is 42.4 Å². The molecule has 0 saturated heterocycles. The second-order valence-electron chi connectivity index (χ2n) is 8.14. The zero-order valence-corrected chi connectivity index (χ0v) is 19.9. The predicted octanol–water partition coefficient (Wildman–Crippen LogP) is 8.06. The molecule has 0 fully saturated rings. The first-order valence-electron chi connectivity index (χ1n) is 11.1. The van der Waals surface area contributed by atoms with Crippen LogP contribution in [0, 0.1) is 5.92 Å². The number of hydrogen-bond donors (Lipinski definition) is 0. The Morgan fingerprint density at radius 3 is 1.74 bits per heavy atom. The molecule has 2 unspecified atom stereocenters. The van der Waals surface area contributed by atoms with Gasteiger partial charge in [-0.1, -0.05) is 126 Å². The minimum Gasteiger partial charge on any atom is -0.354 e. The van der Waals surface area contributed by atoms with Crippen molar-refractivity contribution in [2.45, 2.75) is 37.4 Å². The van der Waals surface area contributed by atoms with Gasteiger partial charge in [-0.15, -0.1) is 0 Å². The quantitative estimate of drug-likeness (QED) is 0.166. The molecule has 3 aromatic carbocycles. The number of ether oxygens (including phenoxy) is 1. The van der Waals surface area contributed by atoms with Crippen molar-refractivity contribution in [1.82, 2.24) is 0 Å². The van der Waals surface area contributed by atoms with Crippen molar-refractivity contribution >= 4 is 22.6 Å². The summed E-state index contributed by atoms with van der Waals surface area (Å²) < 4.78 is 9.33. The summed E-state index contributed by atoms with van der Waals surface area (Å²) in [6, 6.07) is 32.0. The van der Waals surface area contributed by atoms with E-state index in [4.69, 9.17) is 4.74 Å². The van der Waals surface area contributed by atoms with Crippen LogP contribution in [0.25, 0.3) is 0 Å². The van der Waals surface area contributed by atoms with Crippen molar-refractivity contribution in [2.24, 2.45) is 5.92 Å². The van der Waals surface area contributed by atoms with Gasteiger partial charge in [-0.25, -0.2) is 0 Å². The average molecular weight is 520 g/mol. The zero-order chi connectivity index (χ0) is 21.4. The molecule has 1 aliphatic carbocycles. The van der Waals surface area contributed by atoms with E-state index in [-0.39, 0.29) is 6.10 Å². The highest BCUT2D eigenvalue weighted by Gasteiger charge is 2.39. The first-order chi connectivity index (χ1) is 15.3. The van der Waals surface area contributed by atoms with Gasteiger partial charge in [-0.05, 0) is 58.5 Å². The van der Waals surface area contributed by atoms with Gasteiger partial charge in [0.25, 0.3) is 0 Å². The van der Waals surface area contributed by atoms with E-state index in [1.807, 2.05) is 0 Å². The molecule has 1 aliphatic rings. The average Bonchev–Trinajstić information content (AvgIpc) is 2.85. The summed E-state index contributed by atoms with van der Waals surface area (Å²) in [5, 5.41) is 0. The normalized spacial score (nSPS) is 17.6. The fraction of sp³-hybridized carbons (Fsp3) is 0.241. The van der Waals surface area contributed by atoms with Gasteiger partial charge >= 0.3 is 0 Å². The minimum atomic E-state index is -0.672. The first kappa shape index (κ1) is 22.0. The van der Waals surface area contributed by atoms with E-state index < -0.39 is 5.60 Å². The summed E-state index contributed by atoms with van der Waals surface area (Å²) in [6.45, 7) is 0. The van der Waals surface area contributed by atoms with Crippen LogP contribution in [0.3, 0.4) is 0 Å². The number of hydrogen-bond acceptors (Lipinski definition) is 1. The molecule has 2 heteroatoms. The third kappa shape index (κ3) is 5.19. The van der Waals surface area contributed by atoms with Crippen LogP contribution >= 0.6 is 22.6 Å². The summed E-state index contributed by atoms with van der Waals surface area (Å²) >= 11 is 2.32. The zero-order valence-electron chi connectivity index (χ0n) is 17.7. The number of benzene rings is 3. The van der Waals surface area contributed by atoms with E-state index in [0.29, 0.717) is 5.92 Å². The van der Waals surface area contributed by atoms with Crippen LogP contribution in [0.2, 0.25) is 0 Å². The first-order valence-corrected chi connectivity index (χ1v) is 12.3. The van der Waals surface area contributed by atoms with Crippen molar-refractivity contribution in [1.29, 1.82) is 0 Å². The lowest BCUT2D eigenvalue weighted by molar-refractivity contribution is -0.0344. The van der Waals surface area contributed by atoms with Crippen molar-refractivity contribution in [3.05, 3.63) is 130 Å². The topological polar surface area (TPSA) is 9.23 Å². The molecule has 0 amide bonds. The monoisotopic (exact) mass is 520 g/mol. The minimum absolute atomic E-state index is 0.0222. The van der Waals surface area contributed by atoms with Gasteiger partial charge in [-0.2, -0.15) is 0 Å². The molecule has 1 nitrogen and oxygen atoms in total. The second-order valence-corrected chi connectivity index (χ2v) is 8.86. The van der Waals surface area contributed by atoms with E-state index in [9.17, 15) is 0 Å². The van der Waals surface area contributed by atoms with Crippen molar-refractivity contribution in [3.8, 4) is 0 Å². The molecule has 0 aliphatic heterocycles. The maximum Gasteiger partial charge on any atom is 0.144 e. The molecule has 0 heterocycles. The molecule has 0 bridgehead atoms. The SMILES string of the molecule is I/C=C/C(CC1CC=CCC1)OC(c1ccccc1)(c1ccccc1)c1ccccc1. The Bertz CT molecular complexity index is 882. The largest absolute Gasteiger partial charge is 0.354 e. The van der Waals surface area contributed by atoms with E-state index in [2.05, 4.69) is 136 Å². The Labute approximate surface area is 200 Å². The van der Waals surface area contributed by atoms with Gasteiger partial charge in [0.1, 0.15) is 5.60 Å². The molecule has 0 radical (unpaired) electrons. The molecule has 31 heavy (non-hydrogen) atoms. The van der Waals surface area contributed by atoms with E-state index in [1.165, 1.54) is 12.8 Å². The second kappa shape index (κ2) is 10.9. The standard InChI is InChI=1S/C29H29IO/c30-22-21-28(23-24-13-5-1-6-14-24)31-29(25-15-7-2-8-16-25,26-17-9-3-10-18-26)27-19-11-4-12-20-27/h1-5,7-12,15-22,24,28H,6,13-14,23H2/b22-21+. The molecule has 158 valence electrons. The Morgan fingerprint density at radius 1 is 0.806 bits per heavy atom. The maximum absolute atomic E-state index is 7.22. The molecule has 0 spiro atoms. The summed E-state index contributed by atoms with van der Waals surface area (Å²) in [7, 11) is 0. The summed E-state index contributed by atoms with van der Waals surface area (Å²) in [4.78, 5) is 0. The fourth-order valence-corrected chi connectivity index (χ4v) is 5.06. The Kier molecular flexibility index (Phi) is 7.76. The molecule has 0 N–H and O–H groups in total. The van der Waals surface area contributed by atoms with Crippen LogP contribution in [0.5, 0.6) is 0 Å². The van der Waals surface area contributed by atoms with Crippen LogP contribution in [0.15, 0.2) is 113 Å². The smallest absolute Gasteiger partial charge is 0.144 e. The molecule has 0 aromatic heterocycles. The Morgan fingerprint density at radius 2 is 1.32 bits per heavy atom. The number of halogens is 1. The highest BCUT2D eigenvalue weighted by atomic mass is 127. The van der Waals surface area contributed by atoms with E-state index in [0.717, 1.165) is 29.5 Å². The van der Waals surface area contributed by atoms with Crippen molar-refractivity contribution in [3.63, 3.8) is 0 Å². The van der Waals surface area contributed by atoms with E-state index in [1.54, 1.807) is 0 Å². The van der Waals surface area contributed by atoms with Crippen molar-refractivity contribution in [2.75, 3.05) is 0 Å². The third-order valence-electron chi connectivity index (χ3n) is 6.10. The lowest BCUT2D eigenvalue weighted by atomic mass is 9.79. The molecular formula is C29H29IO.